The van der Waals surface area contributed by atoms with E-state index in [-0.39, 0.29) is 0 Å². The Labute approximate surface area is 88.0 Å². The molecule has 0 aromatic carbocycles. The smallest absolute Gasteiger partial charge is 0.157 e. The van der Waals surface area contributed by atoms with Gasteiger partial charge in [-0.2, -0.15) is 0 Å². The van der Waals surface area contributed by atoms with E-state index >= 15 is 0 Å². The Balaban J connectivity index is 2.41. The molecule has 5 nitrogen and oxygen atoms in total. The molecule has 0 aliphatic rings. The zero-order valence-electron chi connectivity index (χ0n) is 8.75. The zero-order chi connectivity index (χ0) is 10.8. The van der Waals surface area contributed by atoms with E-state index < -0.39 is 0 Å². The van der Waals surface area contributed by atoms with Crippen LogP contribution in [0.2, 0.25) is 0 Å². The van der Waals surface area contributed by atoms with Crippen molar-refractivity contribution in [1.29, 1.82) is 0 Å². The lowest BCUT2D eigenvalue weighted by Crippen LogP contribution is -2.02. The standard InChI is InChI=1S/C10H13N5/c1-7(2)8-5-10(13-6-12-8)15-4-3-9(11)14-15/h3-7H,1-2H3,(H2,11,14). The van der Waals surface area contributed by atoms with E-state index in [0.717, 1.165) is 11.5 Å². The molecule has 15 heavy (non-hydrogen) atoms. The Morgan fingerprint density at radius 2 is 2.13 bits per heavy atom. The van der Waals surface area contributed by atoms with Crippen LogP contribution in [0.5, 0.6) is 0 Å². The van der Waals surface area contributed by atoms with E-state index in [1.165, 1.54) is 0 Å². The summed E-state index contributed by atoms with van der Waals surface area (Å²) in [5, 5.41) is 4.09. The molecule has 2 N–H and O–H groups in total. The predicted molar refractivity (Wildman–Crippen MR) is 57.7 cm³/mol. The fraction of sp³-hybridized carbons (Fsp3) is 0.300. The predicted octanol–water partition coefficient (Wildman–Crippen LogP) is 1.37. The van der Waals surface area contributed by atoms with Crippen molar-refractivity contribution in [2.75, 3.05) is 5.73 Å². The Kier molecular flexibility index (Phi) is 2.37. The fourth-order valence-corrected chi connectivity index (χ4v) is 1.27. The van der Waals surface area contributed by atoms with Gasteiger partial charge in [-0.25, -0.2) is 14.6 Å². The minimum Gasteiger partial charge on any atom is -0.382 e. The molecule has 0 atom stereocenters. The SMILES string of the molecule is CC(C)c1cc(-n2ccc(N)n2)ncn1. The molecule has 0 aliphatic heterocycles. The van der Waals surface area contributed by atoms with Gasteiger partial charge in [0.05, 0.1) is 0 Å². The highest BCUT2D eigenvalue weighted by atomic mass is 15.3. The summed E-state index contributed by atoms with van der Waals surface area (Å²) in [6.45, 7) is 4.17. The molecule has 0 spiro atoms. The number of hydrogen-bond donors (Lipinski definition) is 1. The number of aromatic nitrogens is 4. The van der Waals surface area contributed by atoms with Crippen LogP contribution < -0.4 is 5.73 Å². The lowest BCUT2D eigenvalue weighted by molar-refractivity contribution is 0.785. The first-order valence-electron chi connectivity index (χ1n) is 4.80. The van der Waals surface area contributed by atoms with Crippen LogP contribution >= 0.6 is 0 Å². The van der Waals surface area contributed by atoms with Crippen LogP contribution in [0, 0.1) is 0 Å². The second-order valence-electron chi connectivity index (χ2n) is 3.64. The molecule has 0 amide bonds. The monoisotopic (exact) mass is 203 g/mol. The summed E-state index contributed by atoms with van der Waals surface area (Å²) in [5.74, 6) is 1.60. The lowest BCUT2D eigenvalue weighted by atomic mass is 10.1. The van der Waals surface area contributed by atoms with Crippen LogP contribution in [-0.2, 0) is 0 Å². The van der Waals surface area contributed by atoms with Gasteiger partial charge in [-0.15, -0.1) is 5.10 Å². The second-order valence-corrected chi connectivity index (χ2v) is 3.64. The summed E-state index contributed by atoms with van der Waals surface area (Å²) >= 11 is 0. The Morgan fingerprint density at radius 3 is 2.73 bits per heavy atom. The molecule has 5 heteroatoms. The van der Waals surface area contributed by atoms with Gasteiger partial charge in [-0.05, 0) is 5.92 Å². The van der Waals surface area contributed by atoms with Crippen molar-refractivity contribution in [3.8, 4) is 5.82 Å². The van der Waals surface area contributed by atoms with E-state index in [0.29, 0.717) is 11.7 Å². The van der Waals surface area contributed by atoms with Crippen molar-refractivity contribution in [1.82, 2.24) is 19.7 Å². The summed E-state index contributed by atoms with van der Waals surface area (Å²) in [4.78, 5) is 8.33. The number of rotatable bonds is 2. The quantitative estimate of drug-likeness (QED) is 0.800. The van der Waals surface area contributed by atoms with Crippen molar-refractivity contribution in [3.63, 3.8) is 0 Å². The molecule has 2 rings (SSSR count). The summed E-state index contributed by atoms with van der Waals surface area (Å²) < 4.78 is 1.64. The molecule has 0 saturated heterocycles. The molecule has 0 saturated carbocycles. The van der Waals surface area contributed by atoms with Crippen LogP contribution in [0.3, 0.4) is 0 Å². The Bertz CT molecular complexity index is 460. The summed E-state index contributed by atoms with van der Waals surface area (Å²) in [5.41, 5.74) is 6.53. The van der Waals surface area contributed by atoms with Gasteiger partial charge in [0.1, 0.15) is 12.1 Å². The Morgan fingerprint density at radius 1 is 1.33 bits per heavy atom. The van der Waals surface area contributed by atoms with Gasteiger partial charge in [0, 0.05) is 24.0 Å². The highest BCUT2D eigenvalue weighted by molar-refractivity contribution is 5.30. The average molecular weight is 203 g/mol. The van der Waals surface area contributed by atoms with Gasteiger partial charge in [0.2, 0.25) is 0 Å². The molecule has 0 unspecified atom stereocenters. The summed E-state index contributed by atoms with van der Waals surface area (Å²) in [6.07, 6.45) is 3.32. The fourth-order valence-electron chi connectivity index (χ4n) is 1.27. The first kappa shape index (κ1) is 9.64. The minimum atomic E-state index is 0.375. The molecule has 0 aliphatic carbocycles. The van der Waals surface area contributed by atoms with Crippen molar-refractivity contribution >= 4 is 5.82 Å². The van der Waals surface area contributed by atoms with Gasteiger partial charge in [0.25, 0.3) is 0 Å². The van der Waals surface area contributed by atoms with E-state index in [1.807, 2.05) is 6.07 Å². The van der Waals surface area contributed by atoms with Crippen molar-refractivity contribution in [2.24, 2.45) is 0 Å². The van der Waals surface area contributed by atoms with Crippen molar-refractivity contribution in [2.45, 2.75) is 19.8 Å². The minimum absolute atomic E-state index is 0.375. The number of hydrogen-bond acceptors (Lipinski definition) is 4. The average Bonchev–Trinajstić information content (AvgIpc) is 2.65. The molecule has 2 aromatic rings. The van der Waals surface area contributed by atoms with Crippen LogP contribution in [-0.4, -0.2) is 19.7 Å². The molecule has 2 heterocycles. The number of nitrogen functional groups attached to an aromatic ring is 1. The van der Waals surface area contributed by atoms with Crippen molar-refractivity contribution in [3.05, 3.63) is 30.4 Å². The zero-order valence-corrected chi connectivity index (χ0v) is 8.75. The third-order valence-electron chi connectivity index (χ3n) is 2.11. The molecular weight excluding hydrogens is 190 g/mol. The van der Waals surface area contributed by atoms with Crippen LogP contribution in [0.1, 0.15) is 25.5 Å². The van der Waals surface area contributed by atoms with Gasteiger partial charge in [-0.1, -0.05) is 13.8 Å². The first-order chi connectivity index (χ1) is 7.16. The summed E-state index contributed by atoms with van der Waals surface area (Å²) in [6, 6.07) is 3.65. The normalized spacial score (nSPS) is 10.9. The van der Waals surface area contributed by atoms with Gasteiger partial charge in [0.15, 0.2) is 5.82 Å². The highest BCUT2D eigenvalue weighted by Gasteiger charge is 2.05. The number of anilines is 1. The maximum Gasteiger partial charge on any atom is 0.157 e. The topological polar surface area (TPSA) is 69.6 Å². The molecule has 0 radical (unpaired) electrons. The van der Waals surface area contributed by atoms with Gasteiger partial charge >= 0.3 is 0 Å². The maximum absolute atomic E-state index is 5.54. The Hall–Kier alpha value is -1.91. The van der Waals surface area contributed by atoms with Gasteiger partial charge < -0.3 is 5.73 Å². The third kappa shape index (κ3) is 1.96. The third-order valence-corrected chi connectivity index (χ3v) is 2.11. The molecule has 2 aromatic heterocycles. The van der Waals surface area contributed by atoms with E-state index in [4.69, 9.17) is 5.73 Å². The van der Waals surface area contributed by atoms with Crippen LogP contribution in [0.4, 0.5) is 5.82 Å². The van der Waals surface area contributed by atoms with Crippen LogP contribution in [0.15, 0.2) is 24.7 Å². The molecule has 0 fully saturated rings. The number of nitrogens with two attached hydrogens (primary N) is 1. The summed E-state index contributed by atoms with van der Waals surface area (Å²) in [7, 11) is 0. The van der Waals surface area contributed by atoms with Crippen molar-refractivity contribution < 1.29 is 0 Å². The largest absolute Gasteiger partial charge is 0.382 e. The molecule has 0 bridgehead atoms. The molecule has 78 valence electrons. The number of nitrogens with zero attached hydrogens (tertiary/aromatic N) is 4. The van der Waals surface area contributed by atoms with E-state index in [1.54, 1.807) is 23.3 Å². The maximum atomic E-state index is 5.54. The highest BCUT2D eigenvalue weighted by Crippen LogP contribution is 2.13. The lowest BCUT2D eigenvalue weighted by Gasteiger charge is -2.05. The van der Waals surface area contributed by atoms with Gasteiger partial charge in [-0.3, -0.25) is 0 Å². The first-order valence-corrected chi connectivity index (χ1v) is 4.80. The van der Waals surface area contributed by atoms with Crippen LogP contribution in [0.25, 0.3) is 5.82 Å². The van der Waals surface area contributed by atoms with E-state index in [2.05, 4.69) is 28.9 Å². The molecular formula is C10H13N5. The van der Waals surface area contributed by atoms with E-state index in [9.17, 15) is 0 Å². The second kappa shape index (κ2) is 3.68.